The molecule has 0 spiro atoms. The Hall–Kier alpha value is -0.900. The summed E-state index contributed by atoms with van der Waals surface area (Å²) >= 11 is 1.82. The van der Waals surface area contributed by atoms with Gasteiger partial charge in [-0.25, -0.2) is 0 Å². The molecule has 3 nitrogen and oxygen atoms in total. The molecule has 0 saturated carbocycles. The number of aliphatic imine (C=N–C) groups is 1. The van der Waals surface area contributed by atoms with Gasteiger partial charge in [0, 0.05) is 16.9 Å². The van der Waals surface area contributed by atoms with Gasteiger partial charge >= 0.3 is 0 Å². The van der Waals surface area contributed by atoms with Crippen molar-refractivity contribution < 1.29 is 4.42 Å². The molecule has 15 heavy (non-hydrogen) atoms. The van der Waals surface area contributed by atoms with Crippen LogP contribution >= 0.6 is 11.8 Å². The van der Waals surface area contributed by atoms with E-state index in [-0.39, 0.29) is 0 Å². The molecule has 2 heterocycles. The van der Waals surface area contributed by atoms with Crippen molar-refractivity contribution in [3.05, 3.63) is 24.2 Å². The standard InChI is InChI=1S/C11H16N2OS/c1-8-5-9(2)15-11(13-8)12-6-10-3-4-14-7-10/h3-4,7-9H,5-6H2,1-2H3,(H,12,13). The Morgan fingerprint density at radius 3 is 3.13 bits per heavy atom. The van der Waals surface area contributed by atoms with Gasteiger partial charge in [-0.1, -0.05) is 18.7 Å². The molecular weight excluding hydrogens is 208 g/mol. The number of thioether (sulfide) groups is 1. The molecular formula is C11H16N2OS. The quantitative estimate of drug-likeness (QED) is 0.839. The van der Waals surface area contributed by atoms with Gasteiger partial charge in [0.1, 0.15) is 0 Å². The van der Waals surface area contributed by atoms with Crippen LogP contribution in [0.25, 0.3) is 0 Å². The Bertz CT molecular complexity index is 322. The molecule has 1 aliphatic rings. The summed E-state index contributed by atoms with van der Waals surface area (Å²) in [4.78, 5) is 4.54. The van der Waals surface area contributed by atoms with Gasteiger partial charge in [-0.15, -0.1) is 0 Å². The maximum atomic E-state index is 5.00. The zero-order chi connectivity index (χ0) is 10.7. The van der Waals surface area contributed by atoms with Crippen LogP contribution in [0.15, 0.2) is 28.0 Å². The lowest BCUT2D eigenvalue weighted by atomic mass is 10.2. The maximum absolute atomic E-state index is 5.00. The molecule has 4 heteroatoms. The molecule has 1 fully saturated rings. The first kappa shape index (κ1) is 10.6. The van der Waals surface area contributed by atoms with Crippen LogP contribution < -0.4 is 5.32 Å². The summed E-state index contributed by atoms with van der Waals surface area (Å²) in [6, 6.07) is 2.48. The highest BCUT2D eigenvalue weighted by Gasteiger charge is 2.19. The van der Waals surface area contributed by atoms with Crippen LogP contribution in [0.4, 0.5) is 0 Å². The Balaban J connectivity index is 1.94. The van der Waals surface area contributed by atoms with Gasteiger partial charge in [0.2, 0.25) is 0 Å². The van der Waals surface area contributed by atoms with Crippen LogP contribution in [0.1, 0.15) is 25.8 Å². The van der Waals surface area contributed by atoms with Crippen molar-refractivity contribution in [2.24, 2.45) is 4.99 Å². The first-order valence-electron chi connectivity index (χ1n) is 5.23. The lowest BCUT2D eigenvalue weighted by Gasteiger charge is -2.26. The number of hydrogen-bond donors (Lipinski definition) is 1. The molecule has 0 aliphatic carbocycles. The van der Waals surface area contributed by atoms with Crippen LogP contribution in [0.5, 0.6) is 0 Å². The minimum absolute atomic E-state index is 0.532. The van der Waals surface area contributed by atoms with E-state index < -0.39 is 0 Å². The first-order chi connectivity index (χ1) is 7.24. The van der Waals surface area contributed by atoms with Gasteiger partial charge in [0.15, 0.2) is 5.17 Å². The predicted octanol–water partition coefficient (Wildman–Crippen LogP) is 2.64. The van der Waals surface area contributed by atoms with Crippen LogP contribution in [0, 0.1) is 0 Å². The molecule has 0 bridgehead atoms. The largest absolute Gasteiger partial charge is 0.472 e. The van der Waals surface area contributed by atoms with Gasteiger partial charge in [0.05, 0.1) is 19.1 Å². The summed E-state index contributed by atoms with van der Waals surface area (Å²) in [5, 5.41) is 5.11. The van der Waals surface area contributed by atoms with E-state index in [4.69, 9.17) is 4.42 Å². The van der Waals surface area contributed by atoms with Gasteiger partial charge in [-0.05, 0) is 19.4 Å². The van der Waals surface area contributed by atoms with Gasteiger partial charge in [-0.3, -0.25) is 4.99 Å². The van der Waals surface area contributed by atoms with Crippen LogP contribution in [-0.2, 0) is 6.54 Å². The molecule has 1 aromatic heterocycles. The van der Waals surface area contributed by atoms with Gasteiger partial charge in [-0.2, -0.15) is 0 Å². The van der Waals surface area contributed by atoms with E-state index >= 15 is 0 Å². The van der Waals surface area contributed by atoms with E-state index in [1.165, 1.54) is 6.42 Å². The molecule has 1 saturated heterocycles. The lowest BCUT2D eigenvalue weighted by Crippen LogP contribution is -2.38. The van der Waals surface area contributed by atoms with Crippen molar-refractivity contribution in [3.63, 3.8) is 0 Å². The second kappa shape index (κ2) is 4.75. The molecule has 1 aromatic rings. The van der Waals surface area contributed by atoms with Crippen LogP contribution in [-0.4, -0.2) is 16.5 Å². The summed E-state index contributed by atoms with van der Waals surface area (Å²) in [5.74, 6) is 0. The average molecular weight is 224 g/mol. The maximum Gasteiger partial charge on any atom is 0.157 e. The molecule has 2 rings (SSSR count). The highest BCUT2D eigenvalue weighted by Crippen LogP contribution is 2.22. The average Bonchev–Trinajstić information content (AvgIpc) is 2.65. The summed E-state index contributed by atoms with van der Waals surface area (Å²) in [5.41, 5.74) is 1.12. The molecule has 0 amide bonds. The van der Waals surface area contributed by atoms with Gasteiger partial charge < -0.3 is 9.73 Å². The highest BCUT2D eigenvalue weighted by molar-refractivity contribution is 8.14. The SMILES string of the molecule is CC1CC(C)SC(=NCc2ccoc2)N1. The molecule has 2 atom stereocenters. The topological polar surface area (TPSA) is 37.5 Å². The minimum Gasteiger partial charge on any atom is -0.472 e. The summed E-state index contributed by atoms with van der Waals surface area (Å²) in [6.07, 6.45) is 4.63. The minimum atomic E-state index is 0.532. The Morgan fingerprint density at radius 2 is 2.47 bits per heavy atom. The van der Waals surface area contributed by atoms with Crippen molar-refractivity contribution in [3.8, 4) is 0 Å². The lowest BCUT2D eigenvalue weighted by molar-refractivity contribution is 0.564. The fraction of sp³-hybridized carbons (Fsp3) is 0.545. The second-order valence-electron chi connectivity index (χ2n) is 3.96. The van der Waals surface area contributed by atoms with Crippen molar-refractivity contribution in [2.75, 3.05) is 0 Å². The highest BCUT2D eigenvalue weighted by atomic mass is 32.2. The zero-order valence-corrected chi connectivity index (χ0v) is 9.88. The fourth-order valence-electron chi connectivity index (χ4n) is 1.67. The van der Waals surface area contributed by atoms with Crippen LogP contribution in [0.2, 0.25) is 0 Å². The van der Waals surface area contributed by atoms with Crippen molar-refractivity contribution >= 4 is 16.9 Å². The Labute approximate surface area is 94.3 Å². The van der Waals surface area contributed by atoms with Crippen molar-refractivity contribution in [1.29, 1.82) is 0 Å². The van der Waals surface area contributed by atoms with E-state index in [2.05, 4.69) is 24.2 Å². The second-order valence-corrected chi connectivity index (χ2v) is 5.39. The molecule has 1 N–H and O–H groups in total. The smallest absolute Gasteiger partial charge is 0.157 e. The molecule has 0 radical (unpaired) electrons. The fourth-order valence-corrected chi connectivity index (χ4v) is 2.84. The first-order valence-corrected chi connectivity index (χ1v) is 6.10. The molecule has 2 unspecified atom stereocenters. The van der Waals surface area contributed by atoms with E-state index in [9.17, 15) is 0 Å². The van der Waals surface area contributed by atoms with E-state index in [0.29, 0.717) is 17.8 Å². The van der Waals surface area contributed by atoms with Crippen molar-refractivity contribution in [2.45, 2.75) is 38.1 Å². The van der Waals surface area contributed by atoms with E-state index in [0.717, 1.165) is 10.7 Å². The summed E-state index contributed by atoms with van der Waals surface area (Å²) < 4.78 is 5.00. The number of rotatable bonds is 2. The predicted molar refractivity (Wildman–Crippen MR) is 64.1 cm³/mol. The molecule has 0 aromatic carbocycles. The van der Waals surface area contributed by atoms with Crippen LogP contribution in [0.3, 0.4) is 0 Å². The van der Waals surface area contributed by atoms with Gasteiger partial charge in [0.25, 0.3) is 0 Å². The monoisotopic (exact) mass is 224 g/mol. The normalized spacial score (nSPS) is 29.1. The Morgan fingerprint density at radius 1 is 1.60 bits per heavy atom. The van der Waals surface area contributed by atoms with E-state index in [1.54, 1.807) is 12.5 Å². The Kier molecular flexibility index (Phi) is 3.36. The number of hydrogen-bond acceptors (Lipinski definition) is 3. The number of amidine groups is 1. The third-order valence-corrected chi connectivity index (χ3v) is 3.42. The number of nitrogens with one attached hydrogen (secondary N) is 1. The third-order valence-electron chi connectivity index (χ3n) is 2.35. The summed E-state index contributed by atoms with van der Waals surface area (Å²) in [6.45, 7) is 5.14. The van der Waals surface area contributed by atoms with E-state index in [1.807, 2.05) is 17.8 Å². The number of nitrogens with zero attached hydrogens (tertiary/aromatic N) is 1. The molecule has 1 aliphatic heterocycles. The van der Waals surface area contributed by atoms with Crippen molar-refractivity contribution in [1.82, 2.24) is 5.32 Å². The zero-order valence-electron chi connectivity index (χ0n) is 9.06. The number of furan rings is 1. The summed E-state index contributed by atoms with van der Waals surface area (Å²) in [7, 11) is 0. The third kappa shape index (κ3) is 3.02. The molecule has 82 valence electrons.